The van der Waals surface area contributed by atoms with Gasteiger partial charge in [0.1, 0.15) is 5.82 Å². The molecule has 0 radical (unpaired) electrons. The molecule has 15 heavy (non-hydrogen) atoms. The smallest absolute Gasteiger partial charge is 0.123 e. The van der Waals surface area contributed by atoms with E-state index in [9.17, 15) is 4.39 Å². The molecule has 0 bridgehead atoms. The highest BCUT2D eigenvalue weighted by Crippen LogP contribution is 2.05. The molecular formula is C13H18FN. The van der Waals surface area contributed by atoms with E-state index in [-0.39, 0.29) is 11.4 Å². The van der Waals surface area contributed by atoms with Gasteiger partial charge in [0, 0.05) is 12.1 Å². The van der Waals surface area contributed by atoms with Crippen molar-refractivity contribution in [1.29, 1.82) is 0 Å². The minimum absolute atomic E-state index is 0.117. The lowest BCUT2D eigenvalue weighted by Gasteiger charge is -2.18. The second-order valence-electron chi connectivity index (χ2n) is 4.59. The van der Waals surface area contributed by atoms with Crippen molar-refractivity contribution < 1.29 is 4.39 Å². The zero-order chi connectivity index (χ0) is 11.3. The van der Waals surface area contributed by atoms with Crippen LogP contribution >= 0.6 is 0 Å². The van der Waals surface area contributed by atoms with E-state index < -0.39 is 0 Å². The fraction of sp³-hybridized carbons (Fsp3) is 0.385. The third-order valence-electron chi connectivity index (χ3n) is 1.91. The number of nitrogens with one attached hydrogen (secondary N) is 1. The fourth-order valence-corrected chi connectivity index (χ4v) is 1.17. The summed E-state index contributed by atoms with van der Waals surface area (Å²) < 4.78 is 12.8. The second-order valence-corrected chi connectivity index (χ2v) is 4.59. The molecule has 0 fully saturated rings. The van der Waals surface area contributed by atoms with Gasteiger partial charge in [-0.2, -0.15) is 0 Å². The van der Waals surface area contributed by atoms with Crippen LogP contribution in [0.25, 0.3) is 6.08 Å². The average Bonchev–Trinajstić information content (AvgIpc) is 2.11. The Kier molecular flexibility index (Phi) is 4.04. The minimum Gasteiger partial charge on any atom is -0.309 e. The van der Waals surface area contributed by atoms with Gasteiger partial charge in [0.2, 0.25) is 0 Å². The van der Waals surface area contributed by atoms with Crippen molar-refractivity contribution in [3.05, 3.63) is 41.7 Å². The SMILES string of the molecule is CC(C)(C)NCC=Cc1cccc(F)c1. The van der Waals surface area contributed by atoms with Gasteiger partial charge in [-0.3, -0.25) is 0 Å². The molecule has 2 heteroatoms. The Balaban J connectivity index is 2.45. The molecule has 0 aliphatic heterocycles. The van der Waals surface area contributed by atoms with Crippen LogP contribution < -0.4 is 5.32 Å². The van der Waals surface area contributed by atoms with Crippen LogP contribution in [0.15, 0.2) is 30.3 Å². The van der Waals surface area contributed by atoms with Gasteiger partial charge in [-0.1, -0.05) is 24.3 Å². The zero-order valence-corrected chi connectivity index (χ0v) is 9.55. The maximum Gasteiger partial charge on any atom is 0.123 e. The summed E-state index contributed by atoms with van der Waals surface area (Å²) in [7, 11) is 0. The van der Waals surface area contributed by atoms with E-state index in [4.69, 9.17) is 0 Å². The molecule has 0 amide bonds. The van der Waals surface area contributed by atoms with Crippen LogP contribution in [0.3, 0.4) is 0 Å². The topological polar surface area (TPSA) is 12.0 Å². The van der Waals surface area contributed by atoms with Gasteiger partial charge >= 0.3 is 0 Å². The summed E-state index contributed by atoms with van der Waals surface area (Å²) in [4.78, 5) is 0. The Morgan fingerprint density at radius 2 is 2.07 bits per heavy atom. The van der Waals surface area contributed by atoms with Crippen molar-refractivity contribution in [2.75, 3.05) is 6.54 Å². The average molecular weight is 207 g/mol. The Morgan fingerprint density at radius 1 is 1.33 bits per heavy atom. The molecule has 1 nitrogen and oxygen atoms in total. The Bertz CT molecular complexity index is 337. The minimum atomic E-state index is -0.194. The molecule has 0 saturated heterocycles. The van der Waals surface area contributed by atoms with Gasteiger partial charge in [0.05, 0.1) is 0 Å². The van der Waals surface area contributed by atoms with Crippen LogP contribution in [0.5, 0.6) is 0 Å². The molecule has 0 spiro atoms. The molecule has 82 valence electrons. The highest BCUT2D eigenvalue weighted by molar-refractivity contribution is 5.49. The summed E-state index contributed by atoms with van der Waals surface area (Å²) in [5.74, 6) is -0.194. The van der Waals surface area contributed by atoms with Crippen molar-refractivity contribution in [2.45, 2.75) is 26.3 Å². The first-order valence-electron chi connectivity index (χ1n) is 5.14. The first kappa shape index (κ1) is 11.9. The van der Waals surface area contributed by atoms with Crippen LogP contribution in [0, 0.1) is 5.82 Å². The van der Waals surface area contributed by atoms with Gasteiger partial charge < -0.3 is 5.32 Å². The molecule has 1 N–H and O–H groups in total. The van der Waals surface area contributed by atoms with Crippen molar-refractivity contribution in [1.82, 2.24) is 5.32 Å². The standard InChI is InChI=1S/C13H18FN/c1-13(2,3)15-9-5-7-11-6-4-8-12(14)10-11/h4-8,10,15H,9H2,1-3H3. The van der Waals surface area contributed by atoms with Crippen molar-refractivity contribution in [2.24, 2.45) is 0 Å². The monoisotopic (exact) mass is 207 g/mol. The summed E-state index contributed by atoms with van der Waals surface area (Å²) in [6.45, 7) is 7.13. The number of benzene rings is 1. The van der Waals surface area contributed by atoms with Crippen LogP contribution in [-0.4, -0.2) is 12.1 Å². The fourth-order valence-electron chi connectivity index (χ4n) is 1.17. The third-order valence-corrected chi connectivity index (χ3v) is 1.91. The quantitative estimate of drug-likeness (QED) is 0.802. The molecular weight excluding hydrogens is 189 g/mol. The Morgan fingerprint density at radius 3 is 2.67 bits per heavy atom. The van der Waals surface area contributed by atoms with E-state index in [1.165, 1.54) is 12.1 Å². The highest BCUT2D eigenvalue weighted by Gasteiger charge is 2.05. The lowest BCUT2D eigenvalue weighted by molar-refractivity contribution is 0.450. The summed E-state index contributed by atoms with van der Waals surface area (Å²) in [5.41, 5.74) is 1.01. The highest BCUT2D eigenvalue weighted by atomic mass is 19.1. The van der Waals surface area contributed by atoms with E-state index in [1.807, 2.05) is 18.2 Å². The van der Waals surface area contributed by atoms with E-state index in [1.54, 1.807) is 6.07 Å². The molecule has 0 saturated carbocycles. The number of rotatable bonds is 3. The number of hydrogen-bond acceptors (Lipinski definition) is 1. The largest absolute Gasteiger partial charge is 0.309 e. The predicted molar refractivity (Wildman–Crippen MR) is 63.2 cm³/mol. The maximum absolute atomic E-state index is 12.8. The van der Waals surface area contributed by atoms with Crippen LogP contribution in [-0.2, 0) is 0 Å². The van der Waals surface area contributed by atoms with Crippen molar-refractivity contribution in [3.63, 3.8) is 0 Å². The van der Waals surface area contributed by atoms with Crippen molar-refractivity contribution in [3.8, 4) is 0 Å². The summed E-state index contributed by atoms with van der Waals surface area (Å²) in [5, 5.41) is 3.33. The first-order chi connectivity index (χ1) is 6.97. The second kappa shape index (κ2) is 5.08. The van der Waals surface area contributed by atoms with Crippen LogP contribution in [0.4, 0.5) is 4.39 Å². The van der Waals surface area contributed by atoms with Gasteiger partial charge in [-0.25, -0.2) is 4.39 Å². The van der Waals surface area contributed by atoms with E-state index in [0.29, 0.717) is 0 Å². The summed E-state index contributed by atoms with van der Waals surface area (Å²) in [6, 6.07) is 6.57. The van der Waals surface area contributed by atoms with Crippen LogP contribution in [0.1, 0.15) is 26.3 Å². The first-order valence-corrected chi connectivity index (χ1v) is 5.14. The Labute approximate surface area is 91.0 Å². The zero-order valence-electron chi connectivity index (χ0n) is 9.55. The Hall–Kier alpha value is -1.15. The van der Waals surface area contributed by atoms with Gasteiger partial charge in [-0.05, 0) is 38.5 Å². The molecule has 0 heterocycles. The lowest BCUT2D eigenvalue weighted by Crippen LogP contribution is -2.35. The lowest BCUT2D eigenvalue weighted by atomic mass is 10.1. The number of halogens is 1. The normalized spacial score (nSPS) is 12.3. The van der Waals surface area contributed by atoms with Crippen molar-refractivity contribution >= 4 is 6.08 Å². The maximum atomic E-state index is 12.8. The molecule has 1 rings (SSSR count). The summed E-state index contributed by atoms with van der Waals surface area (Å²) >= 11 is 0. The predicted octanol–water partition coefficient (Wildman–Crippen LogP) is 3.23. The van der Waals surface area contributed by atoms with E-state index in [0.717, 1.165) is 12.1 Å². The van der Waals surface area contributed by atoms with E-state index >= 15 is 0 Å². The summed E-state index contributed by atoms with van der Waals surface area (Å²) in [6.07, 6.45) is 3.92. The molecule has 1 aromatic carbocycles. The third kappa shape index (κ3) is 5.33. The molecule has 0 aliphatic carbocycles. The molecule has 1 aromatic rings. The van der Waals surface area contributed by atoms with Gasteiger partial charge in [0.15, 0.2) is 0 Å². The van der Waals surface area contributed by atoms with E-state index in [2.05, 4.69) is 26.1 Å². The number of hydrogen-bond donors (Lipinski definition) is 1. The molecule has 0 aromatic heterocycles. The molecule has 0 atom stereocenters. The molecule has 0 aliphatic rings. The van der Waals surface area contributed by atoms with Gasteiger partial charge in [0.25, 0.3) is 0 Å². The van der Waals surface area contributed by atoms with Gasteiger partial charge in [-0.15, -0.1) is 0 Å². The molecule has 0 unspecified atom stereocenters. The van der Waals surface area contributed by atoms with Crippen LogP contribution in [0.2, 0.25) is 0 Å².